The molecule has 1 aromatic rings. The zero-order chi connectivity index (χ0) is 13.1. The average molecular weight is 266 g/mol. The summed E-state index contributed by atoms with van der Waals surface area (Å²) in [6.45, 7) is 0. The molecule has 0 spiro atoms. The maximum atomic E-state index is 12.4. The van der Waals surface area contributed by atoms with Crippen molar-refractivity contribution in [3.63, 3.8) is 0 Å². The molecule has 1 unspecified atom stereocenters. The number of methoxy groups -OCH3 is 1. The van der Waals surface area contributed by atoms with E-state index in [9.17, 15) is 4.79 Å². The van der Waals surface area contributed by atoms with Crippen LogP contribution in [0.3, 0.4) is 0 Å². The summed E-state index contributed by atoms with van der Waals surface area (Å²) in [6, 6.07) is 5.49. The Morgan fingerprint density at radius 3 is 2.94 bits per heavy atom. The largest absolute Gasteiger partial charge is 0.497 e. The lowest BCUT2D eigenvalue weighted by Gasteiger charge is -2.24. The van der Waals surface area contributed by atoms with Gasteiger partial charge >= 0.3 is 0 Å². The molecule has 1 aliphatic rings. The Labute approximate surface area is 111 Å². The zero-order valence-corrected chi connectivity index (χ0v) is 11.5. The van der Waals surface area contributed by atoms with Gasteiger partial charge < -0.3 is 15.4 Å². The number of carbonyl (C=O) groups is 1. The number of carbonyl (C=O) groups excluding carboxylic acids is 1. The highest BCUT2D eigenvalue weighted by molar-refractivity contribution is 7.99. The van der Waals surface area contributed by atoms with Gasteiger partial charge in [-0.25, -0.2) is 0 Å². The molecule has 1 saturated heterocycles. The molecular formula is C13H18N2O2S. The number of hydrogen-bond acceptors (Lipinski definition) is 4. The minimum atomic E-state index is -0.0288. The first-order valence-corrected chi connectivity index (χ1v) is 7.07. The van der Waals surface area contributed by atoms with Gasteiger partial charge in [-0.2, -0.15) is 11.8 Å². The van der Waals surface area contributed by atoms with Gasteiger partial charge in [0.1, 0.15) is 5.75 Å². The van der Waals surface area contributed by atoms with Crippen LogP contribution in [-0.2, 0) is 0 Å². The van der Waals surface area contributed by atoms with Crippen molar-refractivity contribution in [1.82, 2.24) is 4.90 Å². The molecule has 0 aliphatic carbocycles. The van der Waals surface area contributed by atoms with Gasteiger partial charge in [0.25, 0.3) is 5.91 Å². The molecule has 1 aliphatic heterocycles. The molecule has 1 atom stereocenters. The van der Waals surface area contributed by atoms with E-state index >= 15 is 0 Å². The number of amides is 1. The number of benzene rings is 1. The number of anilines is 1. The van der Waals surface area contributed by atoms with Crippen LogP contribution >= 0.6 is 11.8 Å². The number of nitrogen functional groups attached to an aromatic ring is 1. The summed E-state index contributed by atoms with van der Waals surface area (Å²) in [5.41, 5.74) is 6.89. The molecule has 5 heteroatoms. The lowest BCUT2D eigenvalue weighted by atomic mass is 10.1. The first-order chi connectivity index (χ1) is 8.63. The van der Waals surface area contributed by atoms with Crippen molar-refractivity contribution in [2.45, 2.75) is 12.5 Å². The monoisotopic (exact) mass is 266 g/mol. The summed E-state index contributed by atoms with van der Waals surface area (Å²) < 4.78 is 5.13. The molecule has 18 heavy (non-hydrogen) atoms. The van der Waals surface area contributed by atoms with Gasteiger partial charge in [-0.3, -0.25) is 4.79 Å². The number of hydrogen-bond donors (Lipinski definition) is 1. The molecule has 1 amide bonds. The summed E-state index contributed by atoms with van der Waals surface area (Å²) in [7, 11) is 3.43. The fraction of sp³-hybridized carbons (Fsp3) is 0.462. The van der Waals surface area contributed by atoms with E-state index in [1.54, 1.807) is 30.2 Å². The van der Waals surface area contributed by atoms with Crippen LogP contribution in [0.4, 0.5) is 5.69 Å². The number of nitrogens with zero attached hydrogens (tertiary/aromatic N) is 1. The fourth-order valence-electron chi connectivity index (χ4n) is 2.03. The molecule has 0 bridgehead atoms. The number of nitrogens with two attached hydrogens (primary N) is 1. The van der Waals surface area contributed by atoms with Crippen molar-refractivity contribution in [1.29, 1.82) is 0 Å². The molecule has 0 radical (unpaired) electrons. The van der Waals surface area contributed by atoms with Crippen LogP contribution in [0.2, 0.25) is 0 Å². The molecule has 98 valence electrons. The van der Waals surface area contributed by atoms with Crippen LogP contribution in [0, 0.1) is 0 Å². The first-order valence-electron chi connectivity index (χ1n) is 5.92. The Morgan fingerprint density at radius 2 is 2.33 bits per heavy atom. The van der Waals surface area contributed by atoms with Crippen LogP contribution in [0.25, 0.3) is 0 Å². The van der Waals surface area contributed by atoms with E-state index in [2.05, 4.69) is 0 Å². The lowest BCUT2D eigenvalue weighted by molar-refractivity contribution is 0.0748. The van der Waals surface area contributed by atoms with E-state index in [0.29, 0.717) is 23.0 Å². The summed E-state index contributed by atoms with van der Waals surface area (Å²) >= 11 is 1.89. The second-order valence-electron chi connectivity index (χ2n) is 4.39. The van der Waals surface area contributed by atoms with Crippen molar-refractivity contribution in [3.8, 4) is 5.75 Å². The highest BCUT2D eigenvalue weighted by atomic mass is 32.2. The van der Waals surface area contributed by atoms with Crippen LogP contribution in [0.5, 0.6) is 5.75 Å². The van der Waals surface area contributed by atoms with Crippen molar-refractivity contribution < 1.29 is 9.53 Å². The van der Waals surface area contributed by atoms with Crippen LogP contribution in [0.15, 0.2) is 18.2 Å². The summed E-state index contributed by atoms with van der Waals surface area (Å²) in [6.07, 6.45) is 1.05. The smallest absolute Gasteiger partial charge is 0.256 e. The second-order valence-corrected chi connectivity index (χ2v) is 5.54. The number of ether oxygens (including phenoxy) is 1. The van der Waals surface area contributed by atoms with Gasteiger partial charge in [0.15, 0.2) is 0 Å². The maximum Gasteiger partial charge on any atom is 0.256 e. The zero-order valence-electron chi connectivity index (χ0n) is 10.7. The highest BCUT2D eigenvalue weighted by Crippen LogP contribution is 2.25. The molecule has 1 heterocycles. The SMILES string of the molecule is COc1ccc(N)c(C(=O)N(C)C2CCSC2)c1. The van der Waals surface area contributed by atoms with Crippen LogP contribution in [0.1, 0.15) is 16.8 Å². The van der Waals surface area contributed by atoms with E-state index in [1.165, 1.54) is 0 Å². The minimum Gasteiger partial charge on any atom is -0.497 e. The van der Waals surface area contributed by atoms with Crippen molar-refractivity contribution in [3.05, 3.63) is 23.8 Å². The van der Waals surface area contributed by atoms with Gasteiger partial charge in [0, 0.05) is 24.5 Å². The molecule has 1 fully saturated rings. The Kier molecular flexibility index (Phi) is 4.01. The van der Waals surface area contributed by atoms with Crippen LogP contribution < -0.4 is 10.5 Å². The predicted molar refractivity (Wildman–Crippen MR) is 75.2 cm³/mol. The maximum absolute atomic E-state index is 12.4. The number of rotatable bonds is 3. The molecule has 0 saturated carbocycles. The summed E-state index contributed by atoms with van der Waals surface area (Å²) in [4.78, 5) is 14.2. The second kappa shape index (κ2) is 5.52. The molecular weight excluding hydrogens is 248 g/mol. The summed E-state index contributed by atoms with van der Waals surface area (Å²) in [5.74, 6) is 2.75. The average Bonchev–Trinajstić information content (AvgIpc) is 2.91. The number of thioether (sulfide) groups is 1. The van der Waals surface area contributed by atoms with E-state index in [-0.39, 0.29) is 5.91 Å². The predicted octanol–water partition coefficient (Wildman–Crippen LogP) is 1.85. The van der Waals surface area contributed by atoms with Gasteiger partial charge in [0.2, 0.25) is 0 Å². The van der Waals surface area contributed by atoms with Gasteiger partial charge in [-0.1, -0.05) is 0 Å². The molecule has 0 aromatic heterocycles. The van der Waals surface area contributed by atoms with Gasteiger partial charge in [0.05, 0.1) is 12.7 Å². The van der Waals surface area contributed by atoms with Crippen molar-refractivity contribution in [2.24, 2.45) is 0 Å². The van der Waals surface area contributed by atoms with Gasteiger partial charge in [-0.05, 0) is 30.4 Å². The van der Waals surface area contributed by atoms with Crippen molar-refractivity contribution in [2.75, 3.05) is 31.4 Å². The molecule has 4 nitrogen and oxygen atoms in total. The third kappa shape index (κ3) is 2.56. The summed E-state index contributed by atoms with van der Waals surface area (Å²) in [5, 5.41) is 0. The van der Waals surface area contributed by atoms with E-state index in [0.717, 1.165) is 17.9 Å². The first kappa shape index (κ1) is 13.1. The van der Waals surface area contributed by atoms with E-state index in [1.807, 2.05) is 18.8 Å². The molecule has 2 N–H and O–H groups in total. The quantitative estimate of drug-likeness (QED) is 0.848. The highest BCUT2D eigenvalue weighted by Gasteiger charge is 2.25. The molecule has 2 rings (SSSR count). The Balaban J connectivity index is 2.21. The topological polar surface area (TPSA) is 55.6 Å². The third-order valence-corrected chi connectivity index (χ3v) is 4.41. The standard InChI is InChI=1S/C13H18N2O2S/c1-15(9-5-6-18-8-9)13(16)11-7-10(17-2)3-4-12(11)14/h3-4,7,9H,5-6,8,14H2,1-2H3. The van der Waals surface area contributed by atoms with Crippen LogP contribution in [-0.4, -0.2) is 42.5 Å². The van der Waals surface area contributed by atoms with E-state index in [4.69, 9.17) is 10.5 Å². The Hall–Kier alpha value is -1.36. The Bertz CT molecular complexity index is 445. The normalized spacial score (nSPS) is 18.7. The fourth-order valence-corrected chi connectivity index (χ4v) is 3.30. The minimum absolute atomic E-state index is 0.0288. The lowest BCUT2D eigenvalue weighted by Crippen LogP contribution is -2.37. The van der Waals surface area contributed by atoms with Gasteiger partial charge in [-0.15, -0.1) is 0 Å². The van der Waals surface area contributed by atoms with E-state index < -0.39 is 0 Å². The molecule has 1 aromatic carbocycles. The van der Waals surface area contributed by atoms with Crippen molar-refractivity contribution >= 4 is 23.4 Å². The third-order valence-electron chi connectivity index (χ3n) is 3.26. The Morgan fingerprint density at radius 1 is 1.56 bits per heavy atom.